The number of nitrogens with zero attached hydrogens (tertiary/aromatic N) is 4. The standard InChI is InChI=1S/C28H36N6O2S.2ClH/c1-5-29-12-13-33(18-27(36)32(4)34-16-23-8-6-7-9-24(23)17-34)26(35)15-30-25-14-22(11-10-20(25)2)28-31-21(3)19-37-28;;/h6-11,14,19,29-30H,5,12-13,15-18H2,1-4H3;2*1H. The van der Waals surface area contributed by atoms with E-state index < -0.39 is 0 Å². The zero-order valence-electron chi connectivity index (χ0n) is 22.9. The smallest absolute Gasteiger partial charge is 0.256 e. The summed E-state index contributed by atoms with van der Waals surface area (Å²) in [6.45, 7) is 9.46. The minimum absolute atomic E-state index is 0. The zero-order chi connectivity index (χ0) is 26.4. The van der Waals surface area contributed by atoms with Gasteiger partial charge in [-0.05, 0) is 43.1 Å². The van der Waals surface area contributed by atoms with Gasteiger partial charge in [0.2, 0.25) is 5.91 Å². The highest BCUT2D eigenvalue weighted by Crippen LogP contribution is 2.28. The lowest BCUT2D eigenvalue weighted by atomic mass is 10.1. The molecule has 212 valence electrons. The molecule has 8 nitrogen and oxygen atoms in total. The highest BCUT2D eigenvalue weighted by Gasteiger charge is 2.27. The van der Waals surface area contributed by atoms with Crippen LogP contribution in [0.25, 0.3) is 10.6 Å². The average molecular weight is 594 g/mol. The Morgan fingerprint density at radius 1 is 1.05 bits per heavy atom. The predicted octanol–water partition coefficient (Wildman–Crippen LogP) is 4.51. The first kappa shape index (κ1) is 32.5. The van der Waals surface area contributed by atoms with Gasteiger partial charge in [-0.3, -0.25) is 14.6 Å². The number of carbonyl (C=O) groups excluding carboxylic acids is 2. The number of halogens is 2. The molecule has 11 heteroatoms. The molecule has 0 radical (unpaired) electrons. The minimum Gasteiger partial charge on any atom is -0.376 e. The van der Waals surface area contributed by atoms with Crippen LogP contribution in [0.3, 0.4) is 0 Å². The molecule has 0 saturated carbocycles. The summed E-state index contributed by atoms with van der Waals surface area (Å²) in [5.74, 6) is -0.214. The molecule has 4 rings (SSSR count). The molecule has 2 aromatic carbocycles. The van der Waals surface area contributed by atoms with Crippen molar-refractivity contribution in [2.24, 2.45) is 0 Å². The SMILES string of the molecule is CCNCCN(CC(=O)N(C)N1Cc2ccccc2C1)C(=O)CNc1cc(-c2nc(C)cs2)ccc1C.Cl.Cl. The van der Waals surface area contributed by atoms with Gasteiger partial charge >= 0.3 is 0 Å². The van der Waals surface area contributed by atoms with Crippen molar-refractivity contribution in [1.29, 1.82) is 0 Å². The maximum atomic E-state index is 13.3. The number of nitrogens with one attached hydrogen (secondary N) is 2. The van der Waals surface area contributed by atoms with Crippen molar-refractivity contribution in [2.45, 2.75) is 33.9 Å². The lowest BCUT2D eigenvalue weighted by Crippen LogP contribution is -2.49. The first-order valence-electron chi connectivity index (χ1n) is 12.7. The summed E-state index contributed by atoms with van der Waals surface area (Å²) in [4.78, 5) is 32.7. The van der Waals surface area contributed by atoms with Crippen molar-refractivity contribution in [3.63, 3.8) is 0 Å². The molecule has 0 saturated heterocycles. The first-order valence-corrected chi connectivity index (χ1v) is 13.6. The number of hydrogen-bond donors (Lipinski definition) is 2. The Morgan fingerprint density at radius 3 is 2.36 bits per heavy atom. The quantitative estimate of drug-likeness (QED) is 0.319. The number of carbonyl (C=O) groups is 2. The van der Waals surface area contributed by atoms with Crippen LogP contribution in [0.15, 0.2) is 47.8 Å². The number of rotatable bonds is 11. The van der Waals surface area contributed by atoms with E-state index in [2.05, 4.69) is 33.8 Å². The zero-order valence-corrected chi connectivity index (χ0v) is 25.3. The second-order valence-corrected chi connectivity index (χ2v) is 10.2. The molecule has 2 N–H and O–H groups in total. The van der Waals surface area contributed by atoms with Gasteiger partial charge in [-0.25, -0.2) is 9.99 Å². The summed E-state index contributed by atoms with van der Waals surface area (Å²) in [6, 6.07) is 14.4. The maximum absolute atomic E-state index is 13.3. The Bertz CT molecular complexity index is 1230. The number of anilines is 1. The molecule has 1 aliphatic rings. The number of aromatic nitrogens is 1. The summed E-state index contributed by atoms with van der Waals surface area (Å²) < 4.78 is 0. The number of hydrazine groups is 1. The Hall–Kier alpha value is -2.69. The first-order chi connectivity index (χ1) is 17.9. The van der Waals surface area contributed by atoms with Gasteiger partial charge in [-0.1, -0.05) is 43.3 Å². The van der Waals surface area contributed by atoms with E-state index in [0.717, 1.165) is 34.1 Å². The summed E-state index contributed by atoms with van der Waals surface area (Å²) in [5, 5.41) is 13.2. The molecule has 0 unspecified atom stereocenters. The van der Waals surface area contributed by atoms with Gasteiger partial charge in [-0.2, -0.15) is 0 Å². The normalized spacial score (nSPS) is 12.2. The molecule has 0 bridgehead atoms. The van der Waals surface area contributed by atoms with E-state index in [9.17, 15) is 9.59 Å². The molecule has 3 aromatic rings. The molecule has 1 aliphatic heterocycles. The second-order valence-electron chi connectivity index (χ2n) is 9.35. The van der Waals surface area contributed by atoms with Crippen LogP contribution >= 0.6 is 36.2 Å². The van der Waals surface area contributed by atoms with Gasteiger partial charge in [0.05, 0.1) is 6.54 Å². The van der Waals surface area contributed by atoms with Crippen LogP contribution in [0, 0.1) is 13.8 Å². The van der Waals surface area contributed by atoms with Crippen LogP contribution in [0.4, 0.5) is 5.69 Å². The highest BCUT2D eigenvalue weighted by atomic mass is 35.5. The molecule has 0 atom stereocenters. The number of hydrogen-bond acceptors (Lipinski definition) is 7. The predicted molar refractivity (Wildman–Crippen MR) is 164 cm³/mol. The monoisotopic (exact) mass is 592 g/mol. The molecule has 2 heterocycles. The van der Waals surface area contributed by atoms with Crippen molar-refractivity contribution in [3.05, 3.63) is 70.2 Å². The third kappa shape index (κ3) is 8.40. The topological polar surface area (TPSA) is 80.8 Å². The summed E-state index contributed by atoms with van der Waals surface area (Å²) in [6.07, 6.45) is 0. The van der Waals surface area contributed by atoms with E-state index in [1.54, 1.807) is 28.3 Å². The van der Waals surface area contributed by atoms with Crippen LogP contribution in [0.1, 0.15) is 29.3 Å². The van der Waals surface area contributed by atoms with E-state index in [1.165, 1.54) is 11.1 Å². The minimum atomic E-state index is -0.112. The Labute approximate surface area is 247 Å². The number of likely N-dealkylation sites (N-methyl/N-ethyl adjacent to an activating group) is 2. The number of benzene rings is 2. The average Bonchev–Trinajstić information content (AvgIpc) is 3.53. The Balaban J connectivity index is 0.00000267. The van der Waals surface area contributed by atoms with E-state index in [4.69, 9.17) is 0 Å². The van der Waals surface area contributed by atoms with Crippen LogP contribution in [-0.2, 0) is 22.7 Å². The molecule has 0 aliphatic carbocycles. The fourth-order valence-electron chi connectivity index (χ4n) is 4.35. The third-order valence-corrected chi connectivity index (χ3v) is 7.64. The Kier molecular flexibility index (Phi) is 12.7. The van der Waals surface area contributed by atoms with Crippen molar-refractivity contribution in [3.8, 4) is 10.6 Å². The van der Waals surface area contributed by atoms with Gasteiger partial charge in [0.1, 0.15) is 11.6 Å². The Morgan fingerprint density at radius 2 is 1.74 bits per heavy atom. The molecular weight excluding hydrogens is 555 g/mol. The number of aryl methyl sites for hydroxylation is 2. The van der Waals surface area contributed by atoms with Gasteiger partial charge in [-0.15, -0.1) is 36.2 Å². The van der Waals surface area contributed by atoms with Crippen molar-refractivity contribution in [1.82, 2.24) is 25.2 Å². The third-order valence-electron chi connectivity index (χ3n) is 6.63. The van der Waals surface area contributed by atoms with Crippen molar-refractivity contribution < 1.29 is 9.59 Å². The number of thiazole rings is 1. The van der Waals surface area contributed by atoms with Crippen LogP contribution < -0.4 is 10.6 Å². The number of fused-ring (bicyclic) bond motifs is 1. The molecule has 39 heavy (non-hydrogen) atoms. The van der Waals surface area contributed by atoms with Crippen molar-refractivity contribution in [2.75, 3.05) is 45.1 Å². The summed E-state index contributed by atoms with van der Waals surface area (Å²) in [5.41, 5.74) is 6.42. The highest BCUT2D eigenvalue weighted by molar-refractivity contribution is 7.13. The lowest BCUT2D eigenvalue weighted by molar-refractivity contribution is -0.151. The van der Waals surface area contributed by atoms with Gasteiger partial charge in [0, 0.05) is 55.6 Å². The molecule has 1 aromatic heterocycles. The summed E-state index contributed by atoms with van der Waals surface area (Å²) in [7, 11) is 1.79. The maximum Gasteiger partial charge on any atom is 0.256 e. The van der Waals surface area contributed by atoms with E-state index >= 15 is 0 Å². The van der Waals surface area contributed by atoms with E-state index in [0.29, 0.717) is 26.2 Å². The van der Waals surface area contributed by atoms with E-state index in [1.807, 2.05) is 55.4 Å². The van der Waals surface area contributed by atoms with E-state index in [-0.39, 0.29) is 49.7 Å². The lowest BCUT2D eigenvalue weighted by Gasteiger charge is -2.31. The van der Waals surface area contributed by atoms with Crippen LogP contribution in [-0.4, -0.2) is 71.5 Å². The van der Waals surface area contributed by atoms with Crippen LogP contribution in [0.5, 0.6) is 0 Å². The van der Waals surface area contributed by atoms with Gasteiger partial charge < -0.3 is 15.5 Å². The fraction of sp³-hybridized carbons (Fsp3) is 0.393. The molecule has 2 amide bonds. The van der Waals surface area contributed by atoms with Crippen LogP contribution in [0.2, 0.25) is 0 Å². The van der Waals surface area contributed by atoms with Gasteiger partial charge in [0.25, 0.3) is 5.91 Å². The van der Waals surface area contributed by atoms with Crippen molar-refractivity contribution >= 4 is 53.7 Å². The van der Waals surface area contributed by atoms with Gasteiger partial charge in [0.15, 0.2) is 0 Å². The summed E-state index contributed by atoms with van der Waals surface area (Å²) >= 11 is 1.61. The molecule has 0 spiro atoms. The molecular formula is C28H38Cl2N6O2S. The fourth-order valence-corrected chi connectivity index (χ4v) is 5.14. The molecule has 0 fully saturated rings. The second kappa shape index (κ2) is 15.2. The number of amides is 2. The largest absolute Gasteiger partial charge is 0.376 e.